The Morgan fingerprint density at radius 2 is 1.94 bits per heavy atom. The molecule has 0 spiro atoms. The number of carbonyl (C=O) groups excluding carboxylic acids is 1. The summed E-state index contributed by atoms with van der Waals surface area (Å²) in [5.74, 6) is -1.68. The van der Waals surface area contributed by atoms with Crippen molar-refractivity contribution in [1.29, 1.82) is 0 Å². The third-order valence-corrected chi connectivity index (χ3v) is 2.95. The summed E-state index contributed by atoms with van der Waals surface area (Å²) in [7, 11) is 0. The van der Waals surface area contributed by atoms with Crippen LogP contribution in [-0.4, -0.2) is 33.2 Å². The number of rotatable bonds is 5. The van der Waals surface area contributed by atoms with Gasteiger partial charge in [-0.15, -0.1) is 0 Å². The summed E-state index contributed by atoms with van der Waals surface area (Å²) in [6.07, 6.45) is 0. The van der Waals surface area contributed by atoms with E-state index in [1.807, 2.05) is 13.8 Å². The number of hydrogen-bond donors (Lipinski definition) is 3. The van der Waals surface area contributed by atoms with Crippen LogP contribution < -0.4 is 5.32 Å². The quantitative estimate of drug-likeness (QED) is 0.738. The Morgan fingerprint density at radius 3 is 2.39 bits per heavy atom. The van der Waals surface area contributed by atoms with Gasteiger partial charge in [0.2, 0.25) is 0 Å². The van der Waals surface area contributed by atoms with Gasteiger partial charge in [0.05, 0.1) is 5.92 Å². The number of amides is 1. The fourth-order valence-electron chi connectivity index (χ4n) is 1.37. The van der Waals surface area contributed by atoms with Crippen LogP contribution in [-0.2, 0) is 4.79 Å². The number of carboxylic acid groups (broad SMARTS) is 1. The molecule has 2 atom stereocenters. The van der Waals surface area contributed by atoms with E-state index in [0.29, 0.717) is 0 Å². The van der Waals surface area contributed by atoms with Crippen molar-refractivity contribution in [1.82, 2.24) is 15.5 Å². The van der Waals surface area contributed by atoms with E-state index in [1.54, 1.807) is 19.9 Å². The number of H-pyrrole nitrogens is 1. The van der Waals surface area contributed by atoms with Crippen LogP contribution in [0.5, 0.6) is 0 Å². The van der Waals surface area contributed by atoms with Gasteiger partial charge < -0.3 is 10.4 Å². The molecule has 1 aromatic rings. The molecule has 2 unspecified atom stereocenters. The highest BCUT2D eigenvalue weighted by Crippen LogP contribution is 2.12. The molecule has 3 N–H and O–H groups in total. The van der Waals surface area contributed by atoms with Crippen LogP contribution in [0.25, 0.3) is 0 Å². The molecule has 1 aromatic heterocycles. The van der Waals surface area contributed by atoms with Crippen molar-refractivity contribution in [2.45, 2.75) is 39.7 Å². The predicted octanol–water partition coefficient (Wildman–Crippen LogP) is 1.37. The van der Waals surface area contributed by atoms with Crippen molar-refractivity contribution in [3.63, 3.8) is 0 Å². The molecule has 0 aliphatic carbocycles. The Morgan fingerprint density at radius 1 is 1.33 bits per heavy atom. The zero-order valence-electron chi connectivity index (χ0n) is 11.0. The van der Waals surface area contributed by atoms with Crippen LogP contribution in [0.3, 0.4) is 0 Å². The monoisotopic (exact) mass is 253 g/mol. The lowest BCUT2D eigenvalue weighted by Crippen LogP contribution is -2.40. The topological polar surface area (TPSA) is 95.1 Å². The Kier molecular flexibility index (Phi) is 4.47. The molecule has 1 heterocycles. The SMILES string of the molecule is CC(C)c1cc(C(=O)NC(C)C(C)C(=O)O)n[nH]1. The maximum Gasteiger partial charge on any atom is 0.308 e. The Hall–Kier alpha value is -1.85. The smallest absolute Gasteiger partial charge is 0.308 e. The van der Waals surface area contributed by atoms with Gasteiger partial charge in [-0.3, -0.25) is 14.7 Å². The van der Waals surface area contributed by atoms with E-state index in [-0.39, 0.29) is 17.5 Å². The number of aromatic amines is 1. The van der Waals surface area contributed by atoms with E-state index in [2.05, 4.69) is 15.5 Å². The van der Waals surface area contributed by atoms with Gasteiger partial charge in [-0.2, -0.15) is 5.10 Å². The molecule has 0 radical (unpaired) electrons. The van der Waals surface area contributed by atoms with Crippen LogP contribution in [0.2, 0.25) is 0 Å². The van der Waals surface area contributed by atoms with Gasteiger partial charge in [0.25, 0.3) is 5.91 Å². The van der Waals surface area contributed by atoms with Gasteiger partial charge in [-0.25, -0.2) is 0 Å². The summed E-state index contributed by atoms with van der Waals surface area (Å²) < 4.78 is 0. The highest BCUT2D eigenvalue weighted by molar-refractivity contribution is 5.92. The predicted molar refractivity (Wildman–Crippen MR) is 66.4 cm³/mol. The normalized spacial score (nSPS) is 14.3. The van der Waals surface area contributed by atoms with Gasteiger partial charge in [-0.1, -0.05) is 13.8 Å². The molecule has 0 aromatic carbocycles. The minimum Gasteiger partial charge on any atom is -0.481 e. The van der Waals surface area contributed by atoms with E-state index >= 15 is 0 Å². The molecule has 0 saturated heterocycles. The van der Waals surface area contributed by atoms with E-state index in [9.17, 15) is 9.59 Å². The highest BCUT2D eigenvalue weighted by atomic mass is 16.4. The molecule has 100 valence electrons. The minimum atomic E-state index is -0.937. The first-order valence-corrected chi connectivity index (χ1v) is 5.92. The van der Waals surface area contributed by atoms with Crippen molar-refractivity contribution >= 4 is 11.9 Å². The zero-order valence-corrected chi connectivity index (χ0v) is 11.0. The van der Waals surface area contributed by atoms with Crippen LogP contribution in [0, 0.1) is 5.92 Å². The molecule has 0 aliphatic rings. The summed E-state index contributed by atoms with van der Waals surface area (Å²) in [5, 5.41) is 18.2. The van der Waals surface area contributed by atoms with Gasteiger partial charge in [-0.05, 0) is 25.8 Å². The molecule has 6 heteroatoms. The number of aliphatic carboxylic acids is 1. The Labute approximate surface area is 106 Å². The maximum absolute atomic E-state index is 11.8. The second-order valence-electron chi connectivity index (χ2n) is 4.75. The number of nitrogens with one attached hydrogen (secondary N) is 2. The molecule has 1 rings (SSSR count). The number of carbonyl (C=O) groups is 2. The van der Waals surface area contributed by atoms with Crippen LogP contribution in [0.15, 0.2) is 6.07 Å². The van der Waals surface area contributed by atoms with Crippen LogP contribution in [0.1, 0.15) is 49.8 Å². The number of nitrogens with zero attached hydrogens (tertiary/aromatic N) is 1. The second kappa shape index (κ2) is 5.66. The van der Waals surface area contributed by atoms with E-state index in [1.165, 1.54) is 0 Å². The summed E-state index contributed by atoms with van der Waals surface area (Å²) in [6, 6.07) is 1.23. The largest absolute Gasteiger partial charge is 0.481 e. The number of carboxylic acids is 1. The summed E-state index contributed by atoms with van der Waals surface area (Å²) in [6.45, 7) is 7.19. The average Bonchev–Trinajstić information content (AvgIpc) is 2.76. The van der Waals surface area contributed by atoms with Gasteiger partial charge in [0.1, 0.15) is 5.69 Å². The first-order chi connectivity index (χ1) is 8.32. The first kappa shape index (κ1) is 14.2. The lowest BCUT2D eigenvalue weighted by molar-refractivity contribution is -0.141. The molecular weight excluding hydrogens is 234 g/mol. The molecule has 1 amide bonds. The fourth-order valence-corrected chi connectivity index (χ4v) is 1.37. The third kappa shape index (κ3) is 3.32. The molecule has 0 fully saturated rings. The van der Waals surface area contributed by atoms with E-state index in [4.69, 9.17) is 5.11 Å². The fraction of sp³-hybridized carbons (Fsp3) is 0.583. The number of hydrogen-bond acceptors (Lipinski definition) is 3. The first-order valence-electron chi connectivity index (χ1n) is 5.92. The molecular formula is C12H19N3O3. The molecule has 18 heavy (non-hydrogen) atoms. The molecule has 6 nitrogen and oxygen atoms in total. The van der Waals surface area contributed by atoms with Crippen LogP contribution in [0.4, 0.5) is 0 Å². The van der Waals surface area contributed by atoms with Gasteiger partial charge in [0, 0.05) is 11.7 Å². The zero-order chi connectivity index (χ0) is 13.9. The van der Waals surface area contributed by atoms with E-state index < -0.39 is 17.9 Å². The standard InChI is InChI=1S/C12H19N3O3/c1-6(2)9-5-10(15-14-9)11(16)13-8(4)7(3)12(17)18/h5-8H,1-4H3,(H,13,16)(H,14,15)(H,17,18). The van der Waals surface area contributed by atoms with E-state index in [0.717, 1.165) is 5.69 Å². The Bertz CT molecular complexity index is 440. The van der Waals surface area contributed by atoms with Crippen LogP contribution >= 0.6 is 0 Å². The van der Waals surface area contributed by atoms with Crippen molar-refractivity contribution in [2.24, 2.45) is 5.92 Å². The maximum atomic E-state index is 11.8. The molecule has 0 saturated carbocycles. The van der Waals surface area contributed by atoms with Gasteiger partial charge in [0.15, 0.2) is 0 Å². The van der Waals surface area contributed by atoms with Crippen molar-refractivity contribution < 1.29 is 14.7 Å². The van der Waals surface area contributed by atoms with Crippen molar-refractivity contribution in [3.8, 4) is 0 Å². The Balaban J connectivity index is 2.67. The van der Waals surface area contributed by atoms with Gasteiger partial charge >= 0.3 is 5.97 Å². The molecule has 0 aliphatic heterocycles. The van der Waals surface area contributed by atoms with Crippen molar-refractivity contribution in [3.05, 3.63) is 17.5 Å². The lowest BCUT2D eigenvalue weighted by atomic mass is 10.0. The summed E-state index contributed by atoms with van der Waals surface area (Å²) >= 11 is 0. The average molecular weight is 253 g/mol. The highest BCUT2D eigenvalue weighted by Gasteiger charge is 2.22. The third-order valence-electron chi connectivity index (χ3n) is 2.95. The molecule has 0 bridgehead atoms. The minimum absolute atomic E-state index is 0.259. The number of aromatic nitrogens is 2. The van der Waals surface area contributed by atoms with Crippen molar-refractivity contribution in [2.75, 3.05) is 0 Å². The lowest BCUT2D eigenvalue weighted by Gasteiger charge is -2.16. The summed E-state index contributed by atoms with van der Waals surface area (Å²) in [5.41, 5.74) is 1.15. The summed E-state index contributed by atoms with van der Waals surface area (Å²) in [4.78, 5) is 22.6. The second-order valence-corrected chi connectivity index (χ2v) is 4.75.